The van der Waals surface area contributed by atoms with Gasteiger partial charge in [-0.1, -0.05) is 15.9 Å². The molecule has 3 nitrogen and oxygen atoms in total. The molecule has 0 spiro atoms. The van der Waals surface area contributed by atoms with Crippen LogP contribution in [0.15, 0.2) is 34.8 Å². The van der Waals surface area contributed by atoms with Gasteiger partial charge in [0.05, 0.1) is 6.61 Å². The molecule has 0 aliphatic rings. The average molecular weight is 303 g/mol. The molecule has 0 bridgehead atoms. The highest BCUT2D eigenvalue weighted by molar-refractivity contribution is 9.10. The van der Waals surface area contributed by atoms with Gasteiger partial charge in [0.25, 0.3) is 0 Å². The maximum absolute atomic E-state index is 13.2. The van der Waals surface area contributed by atoms with Crippen molar-refractivity contribution >= 4 is 21.9 Å². The van der Waals surface area contributed by atoms with Crippen LogP contribution in [0.3, 0.4) is 0 Å². The molecular formula is C12H12BrFO3. The lowest BCUT2D eigenvalue weighted by molar-refractivity contribution is -0.137. The molecule has 17 heavy (non-hydrogen) atoms. The standard InChI is InChI=1S/C12H12BrFO3/c1-2-16-12(15)4-3-7-17-11-8-9(13)5-6-10(11)14/h3-6,8H,2,7H2,1H3/b4-3+. The largest absolute Gasteiger partial charge is 0.486 e. The van der Waals surface area contributed by atoms with E-state index in [1.54, 1.807) is 13.0 Å². The minimum absolute atomic E-state index is 0.103. The minimum atomic E-state index is -0.447. The van der Waals surface area contributed by atoms with Crippen molar-refractivity contribution in [1.82, 2.24) is 0 Å². The van der Waals surface area contributed by atoms with E-state index in [1.165, 1.54) is 24.3 Å². The van der Waals surface area contributed by atoms with Gasteiger partial charge in [-0.3, -0.25) is 0 Å². The smallest absolute Gasteiger partial charge is 0.330 e. The third-order valence-corrected chi connectivity index (χ3v) is 2.26. The van der Waals surface area contributed by atoms with Crippen LogP contribution < -0.4 is 4.74 Å². The number of hydrogen-bond acceptors (Lipinski definition) is 3. The molecule has 0 heterocycles. The lowest BCUT2D eigenvalue weighted by Crippen LogP contribution is -2.01. The monoisotopic (exact) mass is 302 g/mol. The molecule has 92 valence electrons. The minimum Gasteiger partial charge on any atom is -0.486 e. The van der Waals surface area contributed by atoms with E-state index >= 15 is 0 Å². The molecule has 0 aliphatic heterocycles. The summed E-state index contributed by atoms with van der Waals surface area (Å²) in [5.74, 6) is -0.753. The highest BCUT2D eigenvalue weighted by Gasteiger charge is 2.02. The Morgan fingerprint density at radius 3 is 3.00 bits per heavy atom. The maximum atomic E-state index is 13.2. The third kappa shape index (κ3) is 4.99. The molecule has 0 aromatic heterocycles. The van der Waals surface area contributed by atoms with Crippen molar-refractivity contribution in [3.8, 4) is 5.75 Å². The number of benzene rings is 1. The molecule has 1 aromatic carbocycles. The Bertz CT molecular complexity index is 418. The number of carbonyl (C=O) groups excluding carboxylic acids is 1. The van der Waals surface area contributed by atoms with Crippen molar-refractivity contribution in [3.05, 3.63) is 40.6 Å². The van der Waals surface area contributed by atoms with E-state index in [9.17, 15) is 9.18 Å². The van der Waals surface area contributed by atoms with Crippen molar-refractivity contribution in [2.24, 2.45) is 0 Å². The Balaban J connectivity index is 2.45. The van der Waals surface area contributed by atoms with Crippen LogP contribution in [0.2, 0.25) is 0 Å². The molecule has 0 N–H and O–H groups in total. The molecule has 1 aromatic rings. The number of ether oxygens (including phenoxy) is 2. The van der Waals surface area contributed by atoms with Gasteiger partial charge in [-0.15, -0.1) is 0 Å². The van der Waals surface area contributed by atoms with Crippen LogP contribution >= 0.6 is 15.9 Å². The van der Waals surface area contributed by atoms with E-state index in [-0.39, 0.29) is 12.4 Å². The van der Waals surface area contributed by atoms with Gasteiger partial charge in [0.1, 0.15) is 6.61 Å². The zero-order valence-corrected chi connectivity index (χ0v) is 10.9. The molecule has 0 saturated heterocycles. The zero-order valence-electron chi connectivity index (χ0n) is 9.28. The van der Waals surface area contributed by atoms with Gasteiger partial charge in [-0.2, -0.15) is 0 Å². The predicted molar refractivity (Wildman–Crippen MR) is 65.4 cm³/mol. The SMILES string of the molecule is CCOC(=O)/C=C/COc1cc(Br)ccc1F. The molecule has 0 unspecified atom stereocenters. The summed E-state index contributed by atoms with van der Waals surface area (Å²) in [4.78, 5) is 10.9. The van der Waals surface area contributed by atoms with Crippen LogP contribution in [0.25, 0.3) is 0 Å². The first-order chi connectivity index (χ1) is 8.13. The first-order valence-electron chi connectivity index (χ1n) is 5.04. The maximum Gasteiger partial charge on any atom is 0.330 e. The number of esters is 1. The molecule has 0 radical (unpaired) electrons. The number of halogens is 2. The van der Waals surface area contributed by atoms with E-state index in [0.717, 1.165) is 4.47 Å². The van der Waals surface area contributed by atoms with Crippen LogP contribution in [-0.2, 0) is 9.53 Å². The summed E-state index contributed by atoms with van der Waals surface area (Å²) in [6.07, 6.45) is 2.72. The van der Waals surface area contributed by atoms with Crippen molar-refractivity contribution < 1.29 is 18.7 Å². The quantitative estimate of drug-likeness (QED) is 0.619. The average Bonchev–Trinajstić information content (AvgIpc) is 2.29. The molecular weight excluding hydrogens is 291 g/mol. The van der Waals surface area contributed by atoms with Gasteiger partial charge < -0.3 is 9.47 Å². The first-order valence-corrected chi connectivity index (χ1v) is 5.84. The lowest BCUT2D eigenvalue weighted by atomic mass is 10.3. The van der Waals surface area contributed by atoms with E-state index < -0.39 is 11.8 Å². The van der Waals surface area contributed by atoms with E-state index in [4.69, 9.17) is 4.74 Å². The molecule has 5 heteroatoms. The van der Waals surface area contributed by atoms with Gasteiger partial charge in [0.2, 0.25) is 0 Å². The predicted octanol–water partition coefficient (Wildman–Crippen LogP) is 3.09. The van der Waals surface area contributed by atoms with Gasteiger partial charge in [0.15, 0.2) is 11.6 Å². The van der Waals surface area contributed by atoms with E-state index in [0.29, 0.717) is 6.61 Å². The second kappa shape index (κ2) is 7.06. The first kappa shape index (κ1) is 13.7. The fraction of sp³-hybridized carbons (Fsp3) is 0.250. The molecule has 0 aliphatic carbocycles. The molecule has 0 atom stereocenters. The third-order valence-electron chi connectivity index (χ3n) is 1.77. The van der Waals surface area contributed by atoms with Crippen LogP contribution in [0.4, 0.5) is 4.39 Å². The normalized spacial score (nSPS) is 10.5. The summed E-state index contributed by atoms with van der Waals surface area (Å²) in [7, 11) is 0. The Kier molecular flexibility index (Phi) is 5.69. The van der Waals surface area contributed by atoms with Gasteiger partial charge >= 0.3 is 5.97 Å². The topological polar surface area (TPSA) is 35.5 Å². The molecule has 0 fully saturated rings. The van der Waals surface area contributed by atoms with Gasteiger partial charge in [0, 0.05) is 10.5 Å². The number of carbonyl (C=O) groups is 1. The Hall–Kier alpha value is -1.36. The zero-order chi connectivity index (χ0) is 12.7. The van der Waals surface area contributed by atoms with Gasteiger partial charge in [-0.25, -0.2) is 9.18 Å². The number of hydrogen-bond donors (Lipinski definition) is 0. The van der Waals surface area contributed by atoms with Crippen molar-refractivity contribution in [2.75, 3.05) is 13.2 Å². The van der Waals surface area contributed by atoms with Crippen LogP contribution in [0, 0.1) is 5.82 Å². The fourth-order valence-electron chi connectivity index (χ4n) is 1.06. The molecule has 1 rings (SSSR count). The van der Waals surface area contributed by atoms with Gasteiger partial charge in [-0.05, 0) is 31.2 Å². The fourth-order valence-corrected chi connectivity index (χ4v) is 1.40. The highest BCUT2D eigenvalue weighted by Crippen LogP contribution is 2.22. The second-order valence-electron chi connectivity index (χ2n) is 3.04. The lowest BCUT2D eigenvalue weighted by Gasteiger charge is -2.04. The molecule has 0 amide bonds. The summed E-state index contributed by atoms with van der Waals surface area (Å²) in [5, 5.41) is 0. The summed E-state index contributed by atoms with van der Waals surface area (Å²) in [5.41, 5.74) is 0. The van der Waals surface area contributed by atoms with E-state index in [2.05, 4.69) is 20.7 Å². The van der Waals surface area contributed by atoms with Crippen LogP contribution in [-0.4, -0.2) is 19.2 Å². The Morgan fingerprint density at radius 1 is 1.53 bits per heavy atom. The second-order valence-corrected chi connectivity index (χ2v) is 3.96. The van der Waals surface area contributed by atoms with Crippen LogP contribution in [0.5, 0.6) is 5.75 Å². The van der Waals surface area contributed by atoms with Crippen molar-refractivity contribution in [1.29, 1.82) is 0 Å². The summed E-state index contributed by atoms with van der Waals surface area (Å²) in [6, 6.07) is 4.40. The number of rotatable bonds is 5. The summed E-state index contributed by atoms with van der Waals surface area (Å²) >= 11 is 3.21. The Morgan fingerprint density at radius 2 is 2.29 bits per heavy atom. The summed E-state index contributed by atoms with van der Waals surface area (Å²) < 4.78 is 23.8. The van der Waals surface area contributed by atoms with Crippen molar-refractivity contribution in [2.45, 2.75) is 6.92 Å². The van der Waals surface area contributed by atoms with E-state index in [1.807, 2.05) is 0 Å². The highest BCUT2D eigenvalue weighted by atomic mass is 79.9. The summed E-state index contributed by atoms with van der Waals surface area (Å²) in [6.45, 7) is 2.15. The van der Waals surface area contributed by atoms with Crippen LogP contribution in [0.1, 0.15) is 6.92 Å². The Labute approximate surface area is 107 Å². The molecule has 0 saturated carbocycles. The van der Waals surface area contributed by atoms with Crippen molar-refractivity contribution in [3.63, 3.8) is 0 Å².